The average Bonchev–Trinajstić information content (AvgIpc) is 2.38. The highest BCUT2D eigenvalue weighted by Gasteiger charge is 2.22. The monoisotopic (exact) mass is 252 g/mol. The summed E-state index contributed by atoms with van der Waals surface area (Å²) in [5, 5.41) is 9.71. The van der Waals surface area contributed by atoms with Crippen molar-refractivity contribution in [2.24, 2.45) is 0 Å². The van der Waals surface area contributed by atoms with Gasteiger partial charge in [0.1, 0.15) is 30.7 Å². The number of rotatable bonds is 4. The third-order valence-electron chi connectivity index (χ3n) is 3.52. The zero-order valence-electron chi connectivity index (χ0n) is 11.1. The number of aliphatic hydroxyl groups is 1. The summed E-state index contributed by atoms with van der Waals surface area (Å²) in [6.45, 7) is 2.80. The Labute approximate surface area is 108 Å². The summed E-state index contributed by atoms with van der Waals surface area (Å²) in [7, 11) is 3.36. The van der Waals surface area contributed by atoms with Crippen molar-refractivity contribution in [1.82, 2.24) is 0 Å². The highest BCUT2D eigenvalue weighted by atomic mass is 16.5. The number of hydrogen-bond acceptors (Lipinski definition) is 3. The maximum absolute atomic E-state index is 9.71. The number of piperidine rings is 1. The summed E-state index contributed by atoms with van der Waals surface area (Å²) in [4.78, 5) is 1.40. The highest BCUT2D eigenvalue weighted by Crippen LogP contribution is 2.23. The summed E-state index contributed by atoms with van der Waals surface area (Å²) in [6.07, 6.45) is 1.85. The second-order valence-electron chi connectivity index (χ2n) is 4.85. The van der Waals surface area contributed by atoms with Crippen LogP contribution in [0.25, 0.3) is 0 Å². The van der Waals surface area contributed by atoms with E-state index in [0.717, 1.165) is 49.5 Å². The lowest BCUT2D eigenvalue weighted by Crippen LogP contribution is -3.12. The predicted octanol–water partition coefficient (Wildman–Crippen LogP) is 0.243. The SMILES string of the molecule is COc1ccc(OC)c(C[NH+]2CCC[C@@H](O)C2)c1. The van der Waals surface area contributed by atoms with Crippen LogP contribution in [0, 0.1) is 0 Å². The third kappa shape index (κ3) is 3.15. The molecule has 2 N–H and O–H groups in total. The van der Waals surface area contributed by atoms with Crippen LogP contribution < -0.4 is 14.4 Å². The van der Waals surface area contributed by atoms with Gasteiger partial charge >= 0.3 is 0 Å². The van der Waals surface area contributed by atoms with Crippen LogP contribution in [-0.2, 0) is 6.54 Å². The van der Waals surface area contributed by atoms with Gasteiger partial charge in [-0.1, -0.05) is 0 Å². The fraction of sp³-hybridized carbons (Fsp3) is 0.571. The summed E-state index contributed by atoms with van der Waals surface area (Å²) >= 11 is 0. The maximum Gasteiger partial charge on any atom is 0.127 e. The molecule has 1 fully saturated rings. The third-order valence-corrected chi connectivity index (χ3v) is 3.52. The van der Waals surface area contributed by atoms with E-state index in [2.05, 4.69) is 0 Å². The Bertz CT molecular complexity index is 395. The molecule has 2 atom stereocenters. The number of benzene rings is 1. The number of aliphatic hydroxyl groups excluding tert-OH is 1. The zero-order chi connectivity index (χ0) is 13.0. The summed E-state index contributed by atoms with van der Waals surface area (Å²) < 4.78 is 10.6. The molecule has 4 nitrogen and oxygen atoms in total. The minimum atomic E-state index is -0.162. The van der Waals surface area contributed by atoms with Gasteiger partial charge < -0.3 is 19.5 Å². The maximum atomic E-state index is 9.71. The Morgan fingerprint density at radius 3 is 2.83 bits per heavy atom. The number of ether oxygens (including phenoxy) is 2. The molecule has 1 aromatic rings. The molecule has 1 unspecified atom stereocenters. The molecule has 0 amide bonds. The number of methoxy groups -OCH3 is 2. The van der Waals surface area contributed by atoms with Crippen LogP contribution in [-0.4, -0.2) is 38.5 Å². The molecule has 1 aliphatic heterocycles. The molecule has 0 saturated carbocycles. The lowest BCUT2D eigenvalue weighted by molar-refractivity contribution is -0.921. The van der Waals surface area contributed by atoms with Crippen molar-refractivity contribution in [2.75, 3.05) is 27.3 Å². The fourth-order valence-corrected chi connectivity index (χ4v) is 2.58. The molecule has 0 bridgehead atoms. The molecule has 4 heteroatoms. The smallest absolute Gasteiger partial charge is 0.127 e. The van der Waals surface area contributed by atoms with E-state index in [1.54, 1.807) is 14.2 Å². The first-order chi connectivity index (χ1) is 8.72. The second kappa shape index (κ2) is 6.07. The van der Waals surface area contributed by atoms with Gasteiger partial charge in [0.15, 0.2) is 0 Å². The summed E-state index contributed by atoms with van der Waals surface area (Å²) in [5.41, 5.74) is 1.14. The van der Waals surface area contributed by atoms with Crippen molar-refractivity contribution in [3.63, 3.8) is 0 Å². The normalized spacial score (nSPS) is 23.7. The number of likely N-dealkylation sites (tertiary alicyclic amines) is 1. The Morgan fingerprint density at radius 1 is 1.33 bits per heavy atom. The predicted molar refractivity (Wildman–Crippen MR) is 69.2 cm³/mol. The molecule has 1 aromatic carbocycles. The molecular formula is C14H22NO3+. The molecular weight excluding hydrogens is 230 g/mol. The van der Waals surface area contributed by atoms with Gasteiger partial charge in [-0.25, -0.2) is 0 Å². The van der Waals surface area contributed by atoms with E-state index in [4.69, 9.17) is 9.47 Å². The molecule has 100 valence electrons. The van der Waals surface area contributed by atoms with Crippen LogP contribution in [0.2, 0.25) is 0 Å². The minimum Gasteiger partial charge on any atom is -0.497 e. The minimum absolute atomic E-state index is 0.162. The van der Waals surface area contributed by atoms with E-state index in [9.17, 15) is 5.11 Å². The quantitative estimate of drug-likeness (QED) is 0.807. The Morgan fingerprint density at radius 2 is 2.17 bits per heavy atom. The molecule has 0 radical (unpaired) electrons. The Kier molecular flexibility index (Phi) is 4.44. The van der Waals surface area contributed by atoms with Gasteiger partial charge in [-0.3, -0.25) is 0 Å². The van der Waals surface area contributed by atoms with Crippen LogP contribution >= 0.6 is 0 Å². The van der Waals surface area contributed by atoms with E-state index in [1.165, 1.54) is 4.90 Å². The van der Waals surface area contributed by atoms with E-state index in [-0.39, 0.29) is 6.10 Å². The number of quaternary nitrogens is 1. The molecule has 18 heavy (non-hydrogen) atoms. The van der Waals surface area contributed by atoms with E-state index in [0.29, 0.717) is 0 Å². The van der Waals surface area contributed by atoms with E-state index >= 15 is 0 Å². The summed E-state index contributed by atoms with van der Waals surface area (Å²) in [6, 6.07) is 5.86. The van der Waals surface area contributed by atoms with Crippen molar-refractivity contribution >= 4 is 0 Å². The molecule has 0 aliphatic carbocycles. The van der Waals surface area contributed by atoms with Crippen LogP contribution in [0.4, 0.5) is 0 Å². The molecule has 1 saturated heterocycles. The highest BCUT2D eigenvalue weighted by molar-refractivity contribution is 5.39. The van der Waals surface area contributed by atoms with Crippen molar-refractivity contribution in [2.45, 2.75) is 25.5 Å². The van der Waals surface area contributed by atoms with Crippen molar-refractivity contribution in [3.8, 4) is 11.5 Å². The lowest BCUT2D eigenvalue weighted by atomic mass is 10.1. The fourth-order valence-electron chi connectivity index (χ4n) is 2.58. The summed E-state index contributed by atoms with van der Waals surface area (Å²) in [5.74, 6) is 1.74. The first-order valence-electron chi connectivity index (χ1n) is 6.45. The van der Waals surface area contributed by atoms with Gasteiger partial charge in [-0.05, 0) is 31.0 Å². The largest absolute Gasteiger partial charge is 0.497 e. The zero-order valence-corrected chi connectivity index (χ0v) is 11.1. The first kappa shape index (κ1) is 13.2. The molecule has 0 aromatic heterocycles. The van der Waals surface area contributed by atoms with E-state index in [1.807, 2.05) is 18.2 Å². The van der Waals surface area contributed by atoms with Crippen molar-refractivity contribution in [1.29, 1.82) is 0 Å². The topological polar surface area (TPSA) is 43.1 Å². The lowest BCUT2D eigenvalue weighted by Gasteiger charge is -2.27. The molecule has 2 rings (SSSR count). The Hall–Kier alpha value is -1.26. The standard InChI is InChI=1S/C14H21NO3/c1-17-13-5-6-14(18-2)11(8-13)9-15-7-3-4-12(16)10-15/h5-6,8,12,16H,3-4,7,9-10H2,1-2H3/p+1/t12-/m1/s1. The molecule has 0 spiro atoms. The van der Waals surface area contributed by atoms with Crippen molar-refractivity contribution < 1.29 is 19.5 Å². The average molecular weight is 252 g/mol. The van der Waals surface area contributed by atoms with Crippen molar-refractivity contribution in [3.05, 3.63) is 23.8 Å². The Balaban J connectivity index is 2.11. The van der Waals surface area contributed by atoms with Gasteiger partial charge in [-0.15, -0.1) is 0 Å². The van der Waals surface area contributed by atoms with Gasteiger partial charge in [0.05, 0.1) is 26.3 Å². The van der Waals surface area contributed by atoms with Gasteiger partial charge in [-0.2, -0.15) is 0 Å². The first-order valence-corrected chi connectivity index (χ1v) is 6.45. The number of nitrogens with one attached hydrogen (secondary N) is 1. The van der Waals surface area contributed by atoms with Crippen LogP contribution in [0.5, 0.6) is 11.5 Å². The second-order valence-corrected chi connectivity index (χ2v) is 4.85. The number of hydrogen-bond donors (Lipinski definition) is 2. The molecule has 1 heterocycles. The van der Waals surface area contributed by atoms with Gasteiger partial charge in [0.25, 0.3) is 0 Å². The van der Waals surface area contributed by atoms with Crippen LogP contribution in [0.3, 0.4) is 0 Å². The van der Waals surface area contributed by atoms with Crippen LogP contribution in [0.15, 0.2) is 18.2 Å². The van der Waals surface area contributed by atoms with Crippen LogP contribution in [0.1, 0.15) is 18.4 Å². The molecule has 1 aliphatic rings. The van der Waals surface area contributed by atoms with Gasteiger partial charge in [0, 0.05) is 0 Å². The van der Waals surface area contributed by atoms with E-state index < -0.39 is 0 Å². The van der Waals surface area contributed by atoms with Gasteiger partial charge in [0.2, 0.25) is 0 Å².